The molecule has 0 fully saturated rings. The van der Waals surface area contributed by atoms with Gasteiger partial charge in [0.05, 0.1) is 0 Å². The third kappa shape index (κ3) is 1.63. The van der Waals surface area contributed by atoms with Gasteiger partial charge in [0.25, 0.3) is 0 Å². The predicted molar refractivity (Wildman–Crippen MR) is 41.6 cm³/mol. The highest BCUT2D eigenvalue weighted by atomic mass is 32.3. The molecule has 0 nitrogen and oxygen atoms in total. The fraction of sp³-hybridized carbons (Fsp3) is 0.500. The Morgan fingerprint density at radius 2 is 2.00 bits per heavy atom. The third-order valence-electron chi connectivity index (χ3n) is 0.627. The highest BCUT2D eigenvalue weighted by Crippen LogP contribution is 2.39. The Balaban J connectivity index is 2.22. The lowest BCUT2D eigenvalue weighted by Crippen LogP contribution is -1.76. The highest BCUT2D eigenvalue weighted by Gasteiger charge is 2.07. The van der Waals surface area contributed by atoms with E-state index in [9.17, 15) is 0 Å². The van der Waals surface area contributed by atoms with E-state index >= 15 is 0 Å². The lowest BCUT2D eigenvalue weighted by Gasteiger charge is -1.98. The quantitative estimate of drug-likeness (QED) is 0.564. The van der Waals surface area contributed by atoms with Gasteiger partial charge in [0.15, 0.2) is 0 Å². The van der Waals surface area contributed by atoms with Crippen LogP contribution in [-0.4, -0.2) is 10.2 Å². The first-order valence-electron chi connectivity index (χ1n) is 1.92. The monoisotopic (exact) mass is 150 g/mol. The maximum atomic E-state index is 2.14. The van der Waals surface area contributed by atoms with Crippen molar-refractivity contribution in [3.05, 3.63) is 10.8 Å². The lowest BCUT2D eigenvalue weighted by atomic mass is 11.3. The Bertz CT molecular complexity index is 71.0. The standard InChI is InChI=1S/C4H6S3/c1-5-4-6-2-3-7-4/h2-4H,1H3. The zero-order valence-electron chi connectivity index (χ0n) is 3.96. The summed E-state index contributed by atoms with van der Waals surface area (Å²) in [5.41, 5.74) is 0. The molecule has 0 atom stereocenters. The predicted octanol–water partition coefficient (Wildman–Crippen LogP) is 2.58. The summed E-state index contributed by atoms with van der Waals surface area (Å²) in [6.07, 6.45) is 2.14. The second kappa shape index (κ2) is 2.95. The van der Waals surface area contributed by atoms with Crippen molar-refractivity contribution in [3.8, 4) is 0 Å². The van der Waals surface area contributed by atoms with Crippen molar-refractivity contribution in [2.75, 3.05) is 6.26 Å². The third-order valence-corrected chi connectivity index (χ3v) is 4.70. The van der Waals surface area contributed by atoms with Crippen LogP contribution in [0.4, 0.5) is 0 Å². The van der Waals surface area contributed by atoms with Crippen LogP contribution in [0.5, 0.6) is 0 Å². The van der Waals surface area contributed by atoms with Crippen LogP contribution in [0.15, 0.2) is 10.8 Å². The topological polar surface area (TPSA) is 0 Å². The molecule has 0 aromatic carbocycles. The summed E-state index contributed by atoms with van der Waals surface area (Å²) in [7, 11) is 0. The summed E-state index contributed by atoms with van der Waals surface area (Å²) in [5.74, 6) is 0. The molecule has 1 rings (SSSR count). The first kappa shape index (κ1) is 5.92. The van der Waals surface area contributed by atoms with E-state index in [-0.39, 0.29) is 0 Å². The van der Waals surface area contributed by atoms with Crippen molar-refractivity contribution >= 4 is 35.3 Å². The summed E-state index contributed by atoms with van der Waals surface area (Å²) in [6.45, 7) is 0. The molecular weight excluding hydrogens is 144 g/mol. The van der Waals surface area contributed by atoms with Crippen molar-refractivity contribution in [2.45, 2.75) is 3.91 Å². The average Bonchev–Trinajstić information content (AvgIpc) is 2.14. The first-order chi connectivity index (χ1) is 3.43. The molecule has 0 spiro atoms. The van der Waals surface area contributed by atoms with Crippen molar-refractivity contribution < 1.29 is 0 Å². The van der Waals surface area contributed by atoms with Gasteiger partial charge in [0.1, 0.15) is 3.91 Å². The van der Waals surface area contributed by atoms with Gasteiger partial charge in [-0.25, -0.2) is 0 Å². The molecule has 0 amide bonds. The van der Waals surface area contributed by atoms with Crippen LogP contribution >= 0.6 is 35.3 Å². The van der Waals surface area contributed by atoms with Crippen LogP contribution in [0, 0.1) is 0 Å². The van der Waals surface area contributed by atoms with Crippen LogP contribution < -0.4 is 0 Å². The van der Waals surface area contributed by atoms with Gasteiger partial charge in [-0.05, 0) is 17.1 Å². The van der Waals surface area contributed by atoms with E-state index in [4.69, 9.17) is 0 Å². The van der Waals surface area contributed by atoms with Gasteiger partial charge >= 0.3 is 0 Å². The van der Waals surface area contributed by atoms with Gasteiger partial charge in [-0.15, -0.1) is 35.3 Å². The first-order valence-corrected chi connectivity index (χ1v) is 5.09. The Morgan fingerprint density at radius 1 is 1.43 bits per heavy atom. The minimum absolute atomic E-state index is 0.736. The van der Waals surface area contributed by atoms with Crippen LogP contribution in [0.2, 0.25) is 0 Å². The van der Waals surface area contributed by atoms with Crippen LogP contribution in [0.25, 0.3) is 0 Å². The molecule has 0 aromatic rings. The van der Waals surface area contributed by atoms with Gasteiger partial charge in [-0.1, -0.05) is 0 Å². The van der Waals surface area contributed by atoms with Crippen molar-refractivity contribution in [1.82, 2.24) is 0 Å². The molecule has 0 bridgehead atoms. The van der Waals surface area contributed by atoms with E-state index in [0.29, 0.717) is 0 Å². The SMILES string of the molecule is CSC1SC=CS1. The van der Waals surface area contributed by atoms with E-state index in [0.717, 1.165) is 3.91 Å². The van der Waals surface area contributed by atoms with Crippen molar-refractivity contribution in [3.63, 3.8) is 0 Å². The van der Waals surface area contributed by atoms with Gasteiger partial charge < -0.3 is 0 Å². The van der Waals surface area contributed by atoms with Crippen molar-refractivity contribution in [1.29, 1.82) is 0 Å². The average molecular weight is 150 g/mol. The fourth-order valence-corrected chi connectivity index (χ4v) is 3.02. The smallest absolute Gasteiger partial charge is 0.103 e. The largest absolute Gasteiger partial charge is 0.139 e. The van der Waals surface area contributed by atoms with E-state index in [2.05, 4.69) is 17.1 Å². The summed E-state index contributed by atoms with van der Waals surface area (Å²) < 4.78 is 0.736. The second-order valence-electron chi connectivity index (χ2n) is 1.07. The Morgan fingerprint density at radius 3 is 2.29 bits per heavy atom. The number of hydrogen-bond donors (Lipinski definition) is 0. The molecule has 1 aliphatic rings. The maximum Gasteiger partial charge on any atom is 0.103 e. The summed E-state index contributed by atoms with van der Waals surface area (Å²) in [6, 6.07) is 0. The fourth-order valence-electron chi connectivity index (χ4n) is 0.336. The van der Waals surface area contributed by atoms with Crippen LogP contribution in [-0.2, 0) is 0 Å². The van der Waals surface area contributed by atoms with Crippen LogP contribution in [0.3, 0.4) is 0 Å². The van der Waals surface area contributed by atoms with Crippen LogP contribution in [0.1, 0.15) is 0 Å². The number of hydrogen-bond acceptors (Lipinski definition) is 3. The molecular formula is C4H6S3. The molecule has 0 saturated heterocycles. The molecule has 0 N–H and O–H groups in total. The van der Waals surface area contributed by atoms with Gasteiger partial charge in [-0.3, -0.25) is 0 Å². The van der Waals surface area contributed by atoms with Gasteiger partial charge in [0.2, 0.25) is 0 Å². The van der Waals surface area contributed by atoms with Crippen molar-refractivity contribution in [2.24, 2.45) is 0 Å². The number of rotatable bonds is 1. The molecule has 1 heterocycles. The molecule has 3 heteroatoms. The molecule has 0 aliphatic carbocycles. The minimum Gasteiger partial charge on any atom is -0.139 e. The summed E-state index contributed by atoms with van der Waals surface area (Å²) >= 11 is 5.67. The van der Waals surface area contributed by atoms with E-state index in [1.807, 2.05) is 35.3 Å². The summed E-state index contributed by atoms with van der Waals surface area (Å²) in [4.78, 5) is 0. The molecule has 0 aromatic heterocycles. The van der Waals surface area contributed by atoms with E-state index < -0.39 is 0 Å². The Hall–Kier alpha value is 0.790. The second-order valence-corrected chi connectivity index (χ2v) is 4.94. The molecule has 7 heavy (non-hydrogen) atoms. The highest BCUT2D eigenvalue weighted by molar-refractivity contribution is 8.35. The molecule has 40 valence electrons. The minimum atomic E-state index is 0.736. The Labute approximate surface area is 56.5 Å². The molecule has 0 radical (unpaired) electrons. The zero-order valence-corrected chi connectivity index (χ0v) is 6.41. The van der Waals surface area contributed by atoms with E-state index in [1.165, 1.54) is 0 Å². The zero-order chi connectivity index (χ0) is 5.11. The van der Waals surface area contributed by atoms with Gasteiger partial charge in [-0.2, -0.15) is 0 Å². The molecule has 0 saturated carbocycles. The molecule has 0 unspecified atom stereocenters. The van der Waals surface area contributed by atoms with E-state index in [1.54, 1.807) is 0 Å². The van der Waals surface area contributed by atoms with Gasteiger partial charge in [0, 0.05) is 0 Å². The summed E-state index contributed by atoms with van der Waals surface area (Å²) in [5, 5.41) is 4.29. The number of thioether (sulfide) groups is 3. The maximum absolute atomic E-state index is 2.14. The Kier molecular flexibility index (Phi) is 2.49. The molecule has 1 aliphatic heterocycles. The normalized spacial score (nSPS) is 21.3. The lowest BCUT2D eigenvalue weighted by molar-refractivity contribution is 2.09.